The molecule has 2 aromatic carbocycles. The summed E-state index contributed by atoms with van der Waals surface area (Å²) < 4.78 is 30.0. The number of carbonyl (C=O) groups is 1. The van der Waals surface area contributed by atoms with E-state index in [2.05, 4.69) is 16.2 Å². The Morgan fingerprint density at radius 2 is 2.03 bits per heavy atom. The predicted octanol–water partition coefficient (Wildman–Crippen LogP) is 3.13. The Balaban J connectivity index is 1.82. The first-order chi connectivity index (χ1) is 16.6. The Bertz CT molecular complexity index is 1270. The van der Waals surface area contributed by atoms with E-state index in [1.807, 2.05) is 0 Å². The minimum atomic E-state index is -1.42. The van der Waals surface area contributed by atoms with Gasteiger partial charge in [0.05, 0.1) is 24.2 Å². The average molecular weight is 482 g/mol. The minimum absolute atomic E-state index is 0.0436. The Labute approximate surface area is 200 Å². The Hall–Kier alpha value is -4.01. The lowest BCUT2D eigenvalue weighted by atomic mass is 9.84. The lowest BCUT2D eigenvalue weighted by Gasteiger charge is -2.46. The lowest BCUT2D eigenvalue weighted by molar-refractivity contribution is -0.149. The number of ether oxygens (including phenoxy) is 2. The van der Waals surface area contributed by atoms with Crippen LogP contribution >= 0.6 is 0 Å². The third kappa shape index (κ3) is 4.66. The van der Waals surface area contributed by atoms with Gasteiger partial charge in [0.1, 0.15) is 23.3 Å². The van der Waals surface area contributed by atoms with Gasteiger partial charge in [-0.15, -0.1) is 0 Å². The van der Waals surface area contributed by atoms with Crippen molar-refractivity contribution in [2.75, 3.05) is 12.0 Å². The smallest absolute Gasteiger partial charge is 0.341 e. The minimum Gasteiger partial charge on any atom is -0.485 e. The van der Waals surface area contributed by atoms with E-state index in [1.54, 1.807) is 36.9 Å². The Kier molecular flexibility index (Phi) is 6.43. The molecule has 0 bridgehead atoms. The second kappa shape index (κ2) is 9.32. The van der Waals surface area contributed by atoms with Crippen LogP contribution in [0.4, 0.5) is 10.1 Å². The first-order valence-electron chi connectivity index (χ1n) is 10.7. The normalized spacial score (nSPS) is 19.2. The molecule has 0 amide bonds. The van der Waals surface area contributed by atoms with Crippen LogP contribution in [0.3, 0.4) is 0 Å². The molecule has 0 fully saturated rings. The summed E-state index contributed by atoms with van der Waals surface area (Å²) in [4.78, 5) is 17.3. The molecule has 2 N–H and O–H groups in total. The molecular weight excluding hydrogens is 459 g/mol. The number of nitrogens with zero attached hydrogens (tertiary/aromatic N) is 4. The van der Waals surface area contributed by atoms with Crippen molar-refractivity contribution in [3.8, 4) is 11.8 Å². The van der Waals surface area contributed by atoms with Crippen molar-refractivity contribution < 1.29 is 33.4 Å². The van der Waals surface area contributed by atoms with E-state index in [-0.39, 0.29) is 18.3 Å². The zero-order chi connectivity index (χ0) is 25.3. The van der Waals surface area contributed by atoms with Crippen molar-refractivity contribution in [3.05, 3.63) is 71.1 Å². The van der Waals surface area contributed by atoms with Crippen molar-refractivity contribution >= 4 is 11.7 Å². The van der Waals surface area contributed by atoms with Crippen LogP contribution in [0.15, 0.2) is 47.0 Å². The number of aromatic nitrogens is 2. The Morgan fingerprint density at radius 1 is 1.31 bits per heavy atom. The highest BCUT2D eigenvalue weighted by Crippen LogP contribution is 2.45. The molecule has 3 aromatic rings. The first-order valence-corrected chi connectivity index (χ1v) is 10.7. The van der Waals surface area contributed by atoms with E-state index in [1.165, 1.54) is 31.4 Å². The molecule has 10 nitrogen and oxygen atoms in total. The number of carboxylic acid groups (broad SMARTS) is 1. The van der Waals surface area contributed by atoms with E-state index in [4.69, 9.17) is 14.0 Å². The third-order valence-electron chi connectivity index (χ3n) is 5.82. The van der Waals surface area contributed by atoms with Crippen LogP contribution in [0, 0.1) is 17.1 Å². The van der Waals surface area contributed by atoms with Crippen molar-refractivity contribution in [1.29, 1.82) is 5.26 Å². The maximum atomic E-state index is 13.7. The van der Waals surface area contributed by atoms with Crippen molar-refractivity contribution in [2.45, 2.75) is 44.2 Å². The van der Waals surface area contributed by atoms with Crippen LogP contribution in [0.25, 0.3) is 0 Å². The second-order valence-electron chi connectivity index (χ2n) is 8.56. The number of benzene rings is 2. The number of fused-ring (bicyclic) bond motifs is 1. The molecule has 0 aliphatic carbocycles. The average Bonchev–Trinajstić information content (AvgIpc) is 3.27. The number of halogens is 1. The lowest BCUT2D eigenvalue weighted by Crippen LogP contribution is -2.53. The molecule has 1 aliphatic rings. The summed E-state index contributed by atoms with van der Waals surface area (Å²) in [6.45, 7) is 3.40. The maximum Gasteiger partial charge on any atom is 0.341 e. The molecular formula is C24H23FN4O6. The van der Waals surface area contributed by atoms with Gasteiger partial charge in [0.25, 0.3) is 0 Å². The summed E-state index contributed by atoms with van der Waals surface area (Å²) in [5, 5.41) is 33.9. The molecule has 3 atom stereocenters. The number of rotatable bonds is 7. The largest absolute Gasteiger partial charge is 0.485 e. The van der Waals surface area contributed by atoms with Gasteiger partial charge in [-0.1, -0.05) is 5.16 Å². The van der Waals surface area contributed by atoms with Gasteiger partial charge in [0.2, 0.25) is 17.8 Å². The van der Waals surface area contributed by atoms with Gasteiger partial charge in [-0.3, -0.25) is 0 Å². The first kappa shape index (κ1) is 24.1. The fraction of sp³-hybridized carbons (Fsp3) is 0.333. The monoisotopic (exact) mass is 482 g/mol. The molecule has 0 saturated heterocycles. The highest BCUT2D eigenvalue weighted by Gasteiger charge is 2.46. The number of hydrogen-bond donors (Lipinski definition) is 2. The number of anilines is 1. The number of hydrogen-bond acceptors (Lipinski definition) is 9. The molecule has 4 rings (SSSR count). The van der Waals surface area contributed by atoms with E-state index in [0.29, 0.717) is 22.6 Å². The van der Waals surface area contributed by atoms with Crippen LogP contribution in [0.5, 0.6) is 5.75 Å². The highest BCUT2D eigenvalue weighted by atomic mass is 19.1. The van der Waals surface area contributed by atoms with E-state index < -0.39 is 35.6 Å². The molecule has 2 heterocycles. The summed E-state index contributed by atoms with van der Waals surface area (Å²) in [6.07, 6.45) is -2.51. The number of aliphatic hydroxyl groups excluding tert-OH is 1. The standard InChI is InChI=1S/C24H23FN4O6/c1-24(2)21(30)19(16-10-13(11-26)4-9-17(16)34-24)29(15-7-5-14(25)6-8-15)12-18-27-22(28-35-18)20(33-3)23(31)32/h4-10,19-21,30H,12H2,1-3H3,(H,31,32). The molecule has 182 valence electrons. The number of aliphatic hydroxyl groups is 1. The summed E-state index contributed by atoms with van der Waals surface area (Å²) in [7, 11) is 1.21. The topological polar surface area (TPSA) is 142 Å². The van der Waals surface area contributed by atoms with E-state index >= 15 is 0 Å². The molecule has 0 saturated carbocycles. The number of carboxylic acids is 1. The van der Waals surface area contributed by atoms with Crippen molar-refractivity contribution in [1.82, 2.24) is 10.1 Å². The van der Waals surface area contributed by atoms with Gasteiger partial charge in [-0.25, -0.2) is 9.18 Å². The fourth-order valence-corrected chi connectivity index (χ4v) is 4.06. The summed E-state index contributed by atoms with van der Waals surface area (Å²) in [6, 6.07) is 11.8. The van der Waals surface area contributed by atoms with Gasteiger partial charge in [0, 0.05) is 18.4 Å². The van der Waals surface area contributed by atoms with Gasteiger partial charge in [0.15, 0.2) is 0 Å². The van der Waals surface area contributed by atoms with Crippen LogP contribution in [-0.2, 0) is 16.1 Å². The van der Waals surface area contributed by atoms with Gasteiger partial charge >= 0.3 is 5.97 Å². The van der Waals surface area contributed by atoms with E-state index in [9.17, 15) is 24.7 Å². The molecule has 3 unspecified atom stereocenters. The zero-order valence-electron chi connectivity index (χ0n) is 19.2. The van der Waals surface area contributed by atoms with Gasteiger partial charge < -0.3 is 29.1 Å². The predicted molar refractivity (Wildman–Crippen MR) is 119 cm³/mol. The van der Waals surface area contributed by atoms with Crippen molar-refractivity contribution in [3.63, 3.8) is 0 Å². The number of aliphatic carboxylic acids is 1. The summed E-state index contributed by atoms with van der Waals surface area (Å²) >= 11 is 0. The molecule has 1 aliphatic heterocycles. The number of methoxy groups -OCH3 is 1. The summed E-state index contributed by atoms with van der Waals surface area (Å²) in [5.41, 5.74) is 0.407. The molecule has 0 radical (unpaired) electrons. The van der Waals surface area contributed by atoms with Gasteiger partial charge in [-0.2, -0.15) is 10.2 Å². The Morgan fingerprint density at radius 3 is 2.66 bits per heavy atom. The van der Waals surface area contributed by atoms with Gasteiger partial charge in [-0.05, 0) is 56.3 Å². The molecule has 1 aromatic heterocycles. The van der Waals surface area contributed by atoms with E-state index in [0.717, 1.165) is 0 Å². The third-order valence-corrected chi connectivity index (χ3v) is 5.82. The zero-order valence-corrected chi connectivity index (χ0v) is 19.2. The fourth-order valence-electron chi connectivity index (χ4n) is 4.06. The molecule has 11 heteroatoms. The number of nitriles is 1. The van der Waals surface area contributed by atoms with Crippen LogP contribution in [-0.4, -0.2) is 45.1 Å². The van der Waals surface area contributed by atoms with Crippen molar-refractivity contribution in [2.24, 2.45) is 0 Å². The maximum absolute atomic E-state index is 13.7. The quantitative estimate of drug-likeness (QED) is 0.516. The SMILES string of the molecule is COC(C(=O)O)c1noc(CN(c2ccc(F)cc2)C2c3cc(C#N)ccc3OC(C)(C)C2O)n1. The molecule has 0 spiro atoms. The highest BCUT2D eigenvalue weighted by molar-refractivity contribution is 5.73. The molecule has 35 heavy (non-hydrogen) atoms. The van der Waals surface area contributed by atoms with Crippen LogP contribution in [0.2, 0.25) is 0 Å². The van der Waals surface area contributed by atoms with Crippen LogP contribution in [0.1, 0.15) is 48.8 Å². The summed E-state index contributed by atoms with van der Waals surface area (Å²) in [5.74, 6) is -1.38. The second-order valence-corrected chi connectivity index (χ2v) is 8.56. The van der Waals surface area contributed by atoms with Crippen LogP contribution < -0.4 is 9.64 Å².